The number of piperazine rings is 1. The van der Waals surface area contributed by atoms with Gasteiger partial charge in [0, 0.05) is 40.2 Å². The van der Waals surface area contributed by atoms with E-state index < -0.39 is 16.1 Å². The zero-order chi connectivity index (χ0) is 20.2. The lowest BCUT2D eigenvalue weighted by Crippen LogP contribution is -2.59. The van der Waals surface area contributed by atoms with Gasteiger partial charge < -0.3 is 14.7 Å². The Morgan fingerprint density at radius 1 is 1.19 bits per heavy atom. The summed E-state index contributed by atoms with van der Waals surface area (Å²) in [6.45, 7) is 1.79. The second-order valence-corrected chi connectivity index (χ2v) is 8.84. The maximum Gasteiger partial charge on any atom is 0.246 e. The number of hydrogen-bond acceptors (Lipinski definition) is 5. The molecule has 0 aromatic heterocycles. The standard InChI is InChI=1S/C18H28N4O4S/c1-19-27(25,26)15-8-5-14(6-9-15)7-10-17(23)22-12-11-21(4)13-16(22)18(24)20(2)3/h5-6,8-9,16,19H,7,10-13H2,1-4H3. The fourth-order valence-electron chi connectivity index (χ4n) is 3.08. The Bertz CT molecular complexity index is 777. The SMILES string of the molecule is CNS(=O)(=O)c1ccc(CCC(=O)N2CCN(C)CC2C(=O)N(C)C)cc1. The smallest absolute Gasteiger partial charge is 0.246 e. The first-order valence-electron chi connectivity index (χ1n) is 8.87. The van der Waals surface area contributed by atoms with Crippen molar-refractivity contribution in [2.45, 2.75) is 23.8 Å². The molecule has 2 rings (SSSR count). The molecule has 2 amide bonds. The second-order valence-electron chi connectivity index (χ2n) is 6.95. The van der Waals surface area contributed by atoms with E-state index in [9.17, 15) is 18.0 Å². The van der Waals surface area contributed by atoms with Gasteiger partial charge in [0.15, 0.2) is 0 Å². The molecule has 1 aromatic rings. The highest BCUT2D eigenvalue weighted by molar-refractivity contribution is 7.89. The first-order chi connectivity index (χ1) is 12.7. The first-order valence-corrected chi connectivity index (χ1v) is 10.4. The maximum atomic E-state index is 12.7. The van der Waals surface area contributed by atoms with Crippen LogP contribution in [0.1, 0.15) is 12.0 Å². The molecule has 1 atom stereocenters. The molecule has 1 aromatic carbocycles. The van der Waals surface area contributed by atoms with Crippen molar-refractivity contribution in [2.75, 3.05) is 47.8 Å². The number of nitrogens with zero attached hydrogens (tertiary/aromatic N) is 3. The summed E-state index contributed by atoms with van der Waals surface area (Å²) in [5.41, 5.74) is 0.878. The molecular weight excluding hydrogens is 368 g/mol. The number of carbonyl (C=O) groups excluding carboxylic acids is 2. The monoisotopic (exact) mass is 396 g/mol. The molecule has 9 heteroatoms. The normalized spacial score (nSPS) is 18.4. The van der Waals surface area contributed by atoms with Crippen LogP contribution < -0.4 is 4.72 Å². The lowest BCUT2D eigenvalue weighted by atomic mass is 10.1. The summed E-state index contributed by atoms with van der Waals surface area (Å²) in [6.07, 6.45) is 0.771. The zero-order valence-electron chi connectivity index (χ0n) is 16.3. The van der Waals surface area contributed by atoms with Crippen molar-refractivity contribution >= 4 is 21.8 Å². The van der Waals surface area contributed by atoms with Crippen molar-refractivity contribution in [1.82, 2.24) is 19.4 Å². The van der Waals surface area contributed by atoms with Gasteiger partial charge in [0.1, 0.15) is 6.04 Å². The van der Waals surface area contributed by atoms with Gasteiger partial charge in [-0.05, 0) is 38.2 Å². The zero-order valence-corrected chi connectivity index (χ0v) is 17.1. The second kappa shape index (κ2) is 8.81. The van der Waals surface area contributed by atoms with Gasteiger partial charge in [0.05, 0.1) is 4.90 Å². The average Bonchev–Trinajstić information content (AvgIpc) is 2.65. The van der Waals surface area contributed by atoms with Crippen LogP contribution in [0.2, 0.25) is 0 Å². The molecule has 0 spiro atoms. The predicted octanol–water partition coefficient (Wildman–Crippen LogP) is -0.242. The number of sulfonamides is 1. The van der Waals surface area contributed by atoms with E-state index in [1.165, 1.54) is 24.1 Å². The molecular formula is C18H28N4O4S. The van der Waals surface area contributed by atoms with Crippen molar-refractivity contribution < 1.29 is 18.0 Å². The van der Waals surface area contributed by atoms with Gasteiger partial charge in [-0.3, -0.25) is 9.59 Å². The highest BCUT2D eigenvalue weighted by atomic mass is 32.2. The number of benzene rings is 1. The number of carbonyl (C=O) groups is 2. The van der Waals surface area contributed by atoms with E-state index in [2.05, 4.69) is 9.62 Å². The predicted molar refractivity (Wildman–Crippen MR) is 103 cm³/mol. The molecule has 8 nitrogen and oxygen atoms in total. The van der Waals surface area contributed by atoms with E-state index in [1.807, 2.05) is 7.05 Å². The molecule has 150 valence electrons. The first kappa shape index (κ1) is 21.3. The molecule has 1 N–H and O–H groups in total. The molecule has 1 unspecified atom stereocenters. The molecule has 1 aliphatic rings. The van der Waals surface area contributed by atoms with Gasteiger partial charge in [0.2, 0.25) is 21.8 Å². The van der Waals surface area contributed by atoms with Crippen LogP contribution in [0.3, 0.4) is 0 Å². The maximum absolute atomic E-state index is 12.7. The summed E-state index contributed by atoms with van der Waals surface area (Å²) in [5, 5.41) is 0. The van der Waals surface area contributed by atoms with Crippen LogP contribution in [0.25, 0.3) is 0 Å². The Labute approximate surface area is 161 Å². The molecule has 1 fully saturated rings. The van der Waals surface area contributed by atoms with Gasteiger partial charge in [-0.1, -0.05) is 12.1 Å². The number of hydrogen-bond donors (Lipinski definition) is 1. The quantitative estimate of drug-likeness (QED) is 0.717. The average molecular weight is 397 g/mol. The minimum Gasteiger partial charge on any atom is -0.347 e. The minimum atomic E-state index is -3.47. The summed E-state index contributed by atoms with van der Waals surface area (Å²) >= 11 is 0. The fourth-order valence-corrected chi connectivity index (χ4v) is 3.81. The number of nitrogens with one attached hydrogen (secondary N) is 1. The molecule has 0 bridgehead atoms. The van der Waals surface area contributed by atoms with Gasteiger partial charge in [-0.2, -0.15) is 0 Å². The van der Waals surface area contributed by atoms with E-state index in [4.69, 9.17) is 0 Å². The summed E-state index contributed by atoms with van der Waals surface area (Å²) < 4.78 is 25.8. The van der Waals surface area contributed by atoms with Crippen LogP contribution in [0, 0.1) is 0 Å². The van der Waals surface area contributed by atoms with Crippen LogP contribution in [-0.4, -0.2) is 88.8 Å². The molecule has 0 radical (unpaired) electrons. The third-order valence-corrected chi connectivity index (χ3v) is 6.19. The Balaban J connectivity index is 2.02. The van der Waals surface area contributed by atoms with E-state index in [-0.39, 0.29) is 23.1 Å². The largest absolute Gasteiger partial charge is 0.347 e. The lowest BCUT2D eigenvalue weighted by molar-refractivity contribution is -0.147. The van der Waals surface area contributed by atoms with Gasteiger partial charge >= 0.3 is 0 Å². The number of rotatable bonds is 6. The minimum absolute atomic E-state index is 0.0600. The number of amides is 2. The Morgan fingerprint density at radius 3 is 2.37 bits per heavy atom. The molecule has 27 heavy (non-hydrogen) atoms. The van der Waals surface area contributed by atoms with Gasteiger partial charge in [-0.25, -0.2) is 13.1 Å². The summed E-state index contributed by atoms with van der Waals surface area (Å²) in [7, 11) is 3.23. The van der Waals surface area contributed by atoms with Crippen LogP contribution in [0.15, 0.2) is 29.2 Å². The van der Waals surface area contributed by atoms with Crippen LogP contribution in [0.5, 0.6) is 0 Å². The Hall–Kier alpha value is -1.97. The van der Waals surface area contributed by atoms with Gasteiger partial charge in [0.25, 0.3) is 0 Å². The topological polar surface area (TPSA) is 90.0 Å². The van der Waals surface area contributed by atoms with Gasteiger partial charge in [-0.15, -0.1) is 0 Å². The summed E-state index contributed by atoms with van der Waals surface area (Å²) in [5.74, 6) is -0.133. The van der Waals surface area contributed by atoms with Crippen LogP contribution >= 0.6 is 0 Å². The van der Waals surface area contributed by atoms with Crippen molar-refractivity contribution in [1.29, 1.82) is 0 Å². The third kappa shape index (κ3) is 5.27. The molecule has 0 aliphatic carbocycles. The molecule has 1 heterocycles. The molecule has 1 saturated heterocycles. The van der Waals surface area contributed by atoms with Crippen molar-refractivity contribution in [3.05, 3.63) is 29.8 Å². The third-order valence-electron chi connectivity index (χ3n) is 4.76. The van der Waals surface area contributed by atoms with E-state index >= 15 is 0 Å². The van der Waals surface area contributed by atoms with E-state index in [1.54, 1.807) is 31.1 Å². The Kier molecular flexibility index (Phi) is 6.96. The van der Waals surface area contributed by atoms with Crippen molar-refractivity contribution in [3.63, 3.8) is 0 Å². The molecule has 1 aliphatic heterocycles. The lowest BCUT2D eigenvalue weighted by Gasteiger charge is -2.40. The summed E-state index contributed by atoms with van der Waals surface area (Å²) in [4.78, 5) is 30.6. The number of likely N-dealkylation sites (N-methyl/N-ethyl adjacent to an activating group) is 2. The van der Waals surface area contributed by atoms with Crippen LogP contribution in [0.4, 0.5) is 0 Å². The number of aryl methyl sites for hydroxylation is 1. The Morgan fingerprint density at radius 2 is 1.81 bits per heavy atom. The van der Waals surface area contributed by atoms with E-state index in [0.717, 1.165) is 12.1 Å². The van der Waals surface area contributed by atoms with E-state index in [0.29, 0.717) is 19.5 Å². The fraction of sp³-hybridized carbons (Fsp3) is 0.556. The highest BCUT2D eigenvalue weighted by Gasteiger charge is 2.34. The van der Waals surface area contributed by atoms with Crippen molar-refractivity contribution in [2.24, 2.45) is 0 Å². The van der Waals surface area contributed by atoms with Crippen LogP contribution in [-0.2, 0) is 26.0 Å². The highest BCUT2D eigenvalue weighted by Crippen LogP contribution is 2.15. The van der Waals surface area contributed by atoms with Crippen molar-refractivity contribution in [3.8, 4) is 0 Å². The summed E-state index contributed by atoms with van der Waals surface area (Å²) in [6, 6.07) is 6.02. The molecule has 0 saturated carbocycles.